The molecule has 0 bridgehead atoms. The Kier molecular flexibility index (Phi) is 5.72. The predicted molar refractivity (Wildman–Crippen MR) is 116 cm³/mol. The highest BCUT2D eigenvalue weighted by molar-refractivity contribution is 8.00. The maximum absolute atomic E-state index is 13.1. The molecule has 3 aromatic rings. The molecule has 7 heteroatoms. The normalized spacial score (nSPS) is 12.5. The molecule has 5 nitrogen and oxygen atoms in total. The third-order valence-electron chi connectivity index (χ3n) is 4.61. The van der Waals surface area contributed by atoms with Crippen molar-refractivity contribution >= 4 is 35.0 Å². The van der Waals surface area contributed by atoms with E-state index in [1.165, 1.54) is 23.9 Å². The number of fused-ring (bicyclic) bond motifs is 2. The van der Waals surface area contributed by atoms with Gasteiger partial charge >= 0.3 is 0 Å². The van der Waals surface area contributed by atoms with Crippen molar-refractivity contribution in [1.82, 2.24) is 0 Å². The van der Waals surface area contributed by atoms with Crippen molar-refractivity contribution in [3.05, 3.63) is 78.1 Å². The molecular weight excluding hydrogens is 403 g/mol. The quantitative estimate of drug-likeness (QED) is 0.565. The maximum atomic E-state index is 13.1. The third kappa shape index (κ3) is 4.16. The van der Waals surface area contributed by atoms with Crippen molar-refractivity contribution in [2.45, 2.75) is 11.8 Å². The van der Waals surface area contributed by atoms with Crippen LogP contribution in [0, 0.1) is 5.82 Å². The van der Waals surface area contributed by atoms with Gasteiger partial charge in [-0.1, -0.05) is 12.1 Å². The van der Waals surface area contributed by atoms with Crippen LogP contribution < -0.4 is 15.0 Å². The second-order valence-electron chi connectivity index (χ2n) is 6.62. The van der Waals surface area contributed by atoms with Gasteiger partial charge in [0.15, 0.2) is 5.75 Å². The van der Waals surface area contributed by atoms with Crippen LogP contribution in [0.25, 0.3) is 0 Å². The van der Waals surface area contributed by atoms with Crippen LogP contribution in [0.5, 0.6) is 11.5 Å². The molecule has 1 heterocycles. The monoisotopic (exact) mass is 422 g/mol. The van der Waals surface area contributed by atoms with Crippen molar-refractivity contribution in [3.8, 4) is 11.5 Å². The minimum Gasteiger partial charge on any atom is -0.454 e. The summed E-state index contributed by atoms with van der Waals surface area (Å²) in [5.41, 5.74) is 1.61. The minimum atomic E-state index is -0.316. The van der Waals surface area contributed by atoms with Gasteiger partial charge in [-0.3, -0.25) is 9.59 Å². The number of amides is 2. The summed E-state index contributed by atoms with van der Waals surface area (Å²) in [7, 11) is 0. The second-order valence-corrected chi connectivity index (χ2v) is 7.67. The van der Waals surface area contributed by atoms with Gasteiger partial charge in [0.05, 0.1) is 17.0 Å². The molecule has 4 rings (SSSR count). The lowest BCUT2D eigenvalue weighted by Gasteiger charge is -2.19. The van der Waals surface area contributed by atoms with E-state index in [1.54, 1.807) is 35.2 Å². The molecule has 0 atom stereocenters. The predicted octanol–water partition coefficient (Wildman–Crippen LogP) is 5.33. The first-order valence-corrected chi connectivity index (χ1v) is 10.4. The highest BCUT2D eigenvalue weighted by Gasteiger charge is 2.27. The number of halogens is 1. The van der Waals surface area contributed by atoms with Gasteiger partial charge in [-0.25, -0.2) is 4.39 Å². The first kappa shape index (κ1) is 20.0. The minimum absolute atomic E-state index is 0.166. The zero-order valence-corrected chi connectivity index (χ0v) is 17.0. The van der Waals surface area contributed by atoms with Crippen molar-refractivity contribution in [3.63, 3.8) is 0 Å². The molecule has 0 aromatic heterocycles. The SMILES string of the molecule is CCN1C(=O)c2cc(NC(=O)CSc3ccc(F)cc3)ccc2Oc2ccccc21. The fraction of sp³-hybridized carbons (Fsp3) is 0.130. The number of thioether (sulfide) groups is 1. The molecule has 0 aliphatic carbocycles. The molecule has 2 amide bonds. The number of hydrogen-bond acceptors (Lipinski definition) is 4. The molecule has 1 aliphatic heterocycles. The number of ether oxygens (including phenoxy) is 1. The average molecular weight is 422 g/mol. The number of nitrogens with one attached hydrogen (secondary N) is 1. The summed E-state index contributed by atoms with van der Waals surface area (Å²) < 4.78 is 19.0. The van der Waals surface area contributed by atoms with Crippen molar-refractivity contribution in [2.75, 3.05) is 22.5 Å². The van der Waals surface area contributed by atoms with Gasteiger partial charge in [-0.15, -0.1) is 11.8 Å². The molecule has 3 aromatic carbocycles. The average Bonchev–Trinajstić information content (AvgIpc) is 2.87. The Labute approximate surface area is 177 Å². The first-order valence-electron chi connectivity index (χ1n) is 9.46. The molecular formula is C23H19FN2O3S. The van der Waals surface area contributed by atoms with E-state index >= 15 is 0 Å². The zero-order valence-electron chi connectivity index (χ0n) is 16.2. The van der Waals surface area contributed by atoms with Crippen molar-refractivity contribution in [1.29, 1.82) is 0 Å². The zero-order chi connectivity index (χ0) is 21.1. The van der Waals surface area contributed by atoms with E-state index in [0.717, 1.165) is 4.90 Å². The summed E-state index contributed by atoms with van der Waals surface area (Å²) in [5.74, 6) is 0.501. The summed E-state index contributed by atoms with van der Waals surface area (Å²) in [6.45, 7) is 2.39. The molecule has 0 spiro atoms. The molecule has 1 aliphatic rings. The molecule has 30 heavy (non-hydrogen) atoms. The van der Waals surface area contributed by atoms with Gasteiger partial charge in [0.25, 0.3) is 5.91 Å². The Hall–Kier alpha value is -3.32. The second kappa shape index (κ2) is 8.59. The number of carbonyl (C=O) groups excluding carboxylic acids is 2. The number of para-hydroxylation sites is 2. The Bertz CT molecular complexity index is 1100. The third-order valence-corrected chi connectivity index (χ3v) is 5.63. The van der Waals surface area contributed by atoms with Crippen molar-refractivity contribution in [2.24, 2.45) is 0 Å². The molecule has 1 N–H and O–H groups in total. The van der Waals surface area contributed by atoms with E-state index in [4.69, 9.17) is 4.74 Å². The molecule has 0 radical (unpaired) electrons. The van der Waals surface area contributed by atoms with Crippen LogP contribution in [0.2, 0.25) is 0 Å². The van der Waals surface area contributed by atoms with E-state index in [0.29, 0.717) is 35.0 Å². The van der Waals surface area contributed by atoms with Crippen LogP contribution in [0.4, 0.5) is 15.8 Å². The Morgan fingerprint density at radius 2 is 1.83 bits per heavy atom. The van der Waals surface area contributed by atoms with E-state index in [2.05, 4.69) is 5.32 Å². The van der Waals surface area contributed by atoms with E-state index in [1.807, 2.05) is 31.2 Å². The van der Waals surface area contributed by atoms with E-state index in [9.17, 15) is 14.0 Å². The lowest BCUT2D eigenvalue weighted by Crippen LogP contribution is -2.29. The number of hydrogen-bond donors (Lipinski definition) is 1. The van der Waals surface area contributed by atoms with Crippen LogP contribution in [0.15, 0.2) is 71.6 Å². The summed E-state index contributed by atoms with van der Waals surface area (Å²) in [6, 6.07) is 18.4. The van der Waals surface area contributed by atoms with Crippen LogP contribution in [-0.4, -0.2) is 24.1 Å². The summed E-state index contributed by atoms with van der Waals surface area (Å²) in [6.07, 6.45) is 0. The van der Waals surface area contributed by atoms with Gasteiger partial charge in [0.1, 0.15) is 11.6 Å². The highest BCUT2D eigenvalue weighted by atomic mass is 32.2. The fourth-order valence-corrected chi connectivity index (χ4v) is 3.89. The molecule has 0 saturated heterocycles. The van der Waals surface area contributed by atoms with Crippen molar-refractivity contribution < 1.29 is 18.7 Å². The van der Waals surface area contributed by atoms with Gasteiger partial charge < -0.3 is 15.0 Å². The first-order chi connectivity index (χ1) is 14.5. The summed E-state index contributed by atoms with van der Waals surface area (Å²) in [4.78, 5) is 27.9. The standard InChI is InChI=1S/C23H19FN2O3S/c1-2-26-19-5-3-4-6-21(19)29-20-12-9-16(13-18(20)23(26)28)25-22(27)14-30-17-10-7-15(24)8-11-17/h3-13H,2,14H2,1H3,(H,25,27). The van der Waals surface area contributed by atoms with Gasteiger partial charge in [-0.2, -0.15) is 0 Å². The molecule has 0 fully saturated rings. The number of nitrogens with zero attached hydrogens (tertiary/aromatic N) is 1. The number of rotatable bonds is 5. The van der Waals surface area contributed by atoms with E-state index in [-0.39, 0.29) is 23.4 Å². The highest BCUT2D eigenvalue weighted by Crippen LogP contribution is 2.39. The van der Waals surface area contributed by atoms with Crippen LogP contribution >= 0.6 is 11.8 Å². The molecule has 0 unspecified atom stereocenters. The van der Waals surface area contributed by atoms with Gasteiger partial charge in [0.2, 0.25) is 5.91 Å². The maximum Gasteiger partial charge on any atom is 0.262 e. The number of anilines is 2. The lowest BCUT2D eigenvalue weighted by molar-refractivity contribution is -0.113. The fourth-order valence-electron chi connectivity index (χ4n) is 3.19. The van der Waals surface area contributed by atoms with E-state index < -0.39 is 0 Å². The Balaban J connectivity index is 1.51. The van der Waals surface area contributed by atoms with Crippen LogP contribution in [0.3, 0.4) is 0 Å². The summed E-state index contributed by atoms with van der Waals surface area (Å²) in [5, 5.41) is 2.81. The summed E-state index contributed by atoms with van der Waals surface area (Å²) >= 11 is 1.31. The number of benzene rings is 3. The Morgan fingerprint density at radius 1 is 1.07 bits per heavy atom. The van der Waals surface area contributed by atoms with Crippen LogP contribution in [0.1, 0.15) is 17.3 Å². The topological polar surface area (TPSA) is 58.6 Å². The Morgan fingerprint density at radius 3 is 2.60 bits per heavy atom. The van der Waals surface area contributed by atoms with Gasteiger partial charge in [-0.05, 0) is 61.5 Å². The van der Waals surface area contributed by atoms with Crippen LogP contribution in [-0.2, 0) is 4.79 Å². The molecule has 152 valence electrons. The smallest absolute Gasteiger partial charge is 0.262 e. The molecule has 0 saturated carbocycles. The lowest BCUT2D eigenvalue weighted by atomic mass is 10.1. The number of carbonyl (C=O) groups is 2. The largest absolute Gasteiger partial charge is 0.454 e. The van der Waals surface area contributed by atoms with Gasteiger partial charge in [0, 0.05) is 17.1 Å².